The molecule has 4 heterocycles. The maximum absolute atomic E-state index is 13.5. The summed E-state index contributed by atoms with van der Waals surface area (Å²) in [5.74, 6) is 0.579. The Morgan fingerprint density at radius 1 is 1.10 bits per heavy atom. The normalized spacial score (nSPS) is 15.0. The summed E-state index contributed by atoms with van der Waals surface area (Å²) >= 11 is 12.6. The summed E-state index contributed by atoms with van der Waals surface area (Å²) in [6.07, 6.45) is 2.29. The van der Waals surface area contributed by atoms with Gasteiger partial charge in [0.1, 0.15) is 23.6 Å². The average Bonchev–Trinajstić information content (AvgIpc) is 3.66. The second-order valence-corrected chi connectivity index (χ2v) is 12.1. The van der Waals surface area contributed by atoms with Crippen molar-refractivity contribution < 1.29 is 13.2 Å². The van der Waals surface area contributed by atoms with Gasteiger partial charge >= 0.3 is 0 Å². The molecule has 0 amide bonds. The zero-order chi connectivity index (χ0) is 28.7. The Morgan fingerprint density at radius 3 is 2.54 bits per heavy atom. The minimum absolute atomic E-state index is 0.0887. The third kappa shape index (κ3) is 5.05. The summed E-state index contributed by atoms with van der Waals surface area (Å²) in [5, 5.41) is 20.0. The first-order valence-electron chi connectivity index (χ1n) is 12.4. The van der Waals surface area contributed by atoms with Crippen molar-refractivity contribution in [3.05, 3.63) is 74.5 Å². The Hall–Kier alpha value is -3.92. The molecule has 17 heteroatoms. The van der Waals surface area contributed by atoms with Crippen molar-refractivity contribution in [3.8, 4) is 11.4 Å². The van der Waals surface area contributed by atoms with Crippen molar-refractivity contribution >= 4 is 44.4 Å². The number of aromatic amines is 1. The first kappa shape index (κ1) is 27.3. The van der Waals surface area contributed by atoms with E-state index in [2.05, 4.69) is 35.8 Å². The van der Waals surface area contributed by atoms with E-state index in [1.54, 1.807) is 24.3 Å². The lowest BCUT2D eigenvalue weighted by molar-refractivity contribution is 0.313. The van der Waals surface area contributed by atoms with Crippen molar-refractivity contribution in [3.63, 3.8) is 0 Å². The van der Waals surface area contributed by atoms with Gasteiger partial charge in [-0.3, -0.25) is 4.79 Å². The number of tetrazole rings is 1. The van der Waals surface area contributed by atoms with Gasteiger partial charge in [-0.2, -0.15) is 8.99 Å². The van der Waals surface area contributed by atoms with Crippen LogP contribution in [0.1, 0.15) is 30.1 Å². The van der Waals surface area contributed by atoms with Gasteiger partial charge in [0.15, 0.2) is 11.2 Å². The topological polar surface area (TPSA) is 167 Å². The van der Waals surface area contributed by atoms with Gasteiger partial charge < -0.3 is 9.72 Å². The Labute approximate surface area is 242 Å². The molecule has 212 valence electrons. The second kappa shape index (κ2) is 10.8. The van der Waals surface area contributed by atoms with E-state index in [-0.39, 0.29) is 36.0 Å². The van der Waals surface area contributed by atoms with E-state index in [0.29, 0.717) is 51.4 Å². The molecule has 1 aliphatic rings. The van der Waals surface area contributed by atoms with Crippen LogP contribution in [-0.2, 0) is 16.6 Å². The van der Waals surface area contributed by atoms with Crippen LogP contribution in [-0.4, -0.2) is 78.1 Å². The van der Waals surface area contributed by atoms with Crippen LogP contribution in [0.4, 0.5) is 0 Å². The number of sulfonamides is 1. The smallest absolute Gasteiger partial charge is 0.281 e. The molecule has 0 bridgehead atoms. The first-order chi connectivity index (χ1) is 19.8. The van der Waals surface area contributed by atoms with Gasteiger partial charge in [0.25, 0.3) is 5.56 Å². The second-order valence-electron chi connectivity index (χ2n) is 9.34. The number of halogens is 2. The fourth-order valence-corrected chi connectivity index (χ4v) is 6.82. The van der Waals surface area contributed by atoms with Crippen molar-refractivity contribution in [2.24, 2.45) is 0 Å². The third-order valence-electron chi connectivity index (χ3n) is 6.99. The van der Waals surface area contributed by atoms with E-state index >= 15 is 0 Å². The summed E-state index contributed by atoms with van der Waals surface area (Å²) < 4.78 is 36.6. The quantitative estimate of drug-likeness (QED) is 0.287. The van der Waals surface area contributed by atoms with Crippen LogP contribution >= 0.6 is 23.2 Å². The minimum atomic E-state index is -3.82. The number of fused-ring (bicyclic) bond motifs is 1. The maximum Gasteiger partial charge on any atom is 0.281 e. The molecule has 14 nitrogen and oxygen atoms in total. The van der Waals surface area contributed by atoms with Gasteiger partial charge in [0, 0.05) is 40.7 Å². The zero-order valence-electron chi connectivity index (χ0n) is 21.5. The lowest BCUT2D eigenvalue weighted by Crippen LogP contribution is -2.38. The summed E-state index contributed by atoms with van der Waals surface area (Å²) in [7, 11) is -2.37. The molecule has 0 radical (unpaired) electrons. The number of ether oxygens (including phenoxy) is 1. The minimum Gasteiger partial charge on any atom is -0.494 e. The highest BCUT2D eigenvalue weighted by molar-refractivity contribution is 7.89. The van der Waals surface area contributed by atoms with Gasteiger partial charge in [0.05, 0.1) is 18.6 Å². The molecule has 0 aliphatic carbocycles. The molecule has 2 aromatic carbocycles. The Kier molecular flexibility index (Phi) is 7.19. The molecule has 0 saturated carbocycles. The van der Waals surface area contributed by atoms with Crippen LogP contribution in [0.3, 0.4) is 0 Å². The molecule has 0 spiro atoms. The fourth-order valence-electron chi connectivity index (χ4n) is 4.81. The standard InChI is InChI=1S/C24H22Cl2N10O4S/c1-40-20-11-15(5-6-19(20)36-13-27-31-33-36)41(38,39)34-9-7-14(8-10-34)22-28-23-21(24(37)29-22)30-32-35(23)12-16-17(25)3-2-4-18(16)26/h2-6,11,13-14H,7-10,12H2,1H3,(H,28,29,37). The number of methoxy groups -OCH3 is 1. The van der Waals surface area contributed by atoms with Crippen LogP contribution in [0.15, 0.2) is 52.4 Å². The SMILES string of the molecule is COc1cc(S(=O)(=O)N2CCC(c3nc4c(nnn4Cc4c(Cl)cccc4Cl)c(=O)[nH]3)CC2)ccc1-n1cnnn1. The number of aromatic nitrogens is 9. The highest BCUT2D eigenvalue weighted by Gasteiger charge is 2.32. The fraction of sp³-hybridized carbons (Fsp3) is 0.292. The first-order valence-corrected chi connectivity index (χ1v) is 14.6. The molecule has 0 unspecified atom stereocenters. The lowest BCUT2D eigenvalue weighted by Gasteiger charge is -2.30. The van der Waals surface area contributed by atoms with Crippen LogP contribution in [0, 0.1) is 0 Å². The van der Waals surface area contributed by atoms with E-state index in [9.17, 15) is 13.2 Å². The van der Waals surface area contributed by atoms with Crippen LogP contribution in [0.25, 0.3) is 16.9 Å². The molecule has 1 aliphatic heterocycles. The lowest BCUT2D eigenvalue weighted by atomic mass is 9.97. The predicted octanol–water partition coefficient (Wildman–Crippen LogP) is 2.42. The molecule has 5 aromatic rings. The molecular weight excluding hydrogens is 595 g/mol. The van der Waals surface area contributed by atoms with Crippen molar-refractivity contribution in [2.45, 2.75) is 30.2 Å². The predicted molar refractivity (Wildman–Crippen MR) is 148 cm³/mol. The number of rotatable bonds is 7. The Morgan fingerprint density at radius 2 is 1.85 bits per heavy atom. The largest absolute Gasteiger partial charge is 0.494 e. The van der Waals surface area contributed by atoms with E-state index in [4.69, 9.17) is 27.9 Å². The van der Waals surface area contributed by atoms with Crippen LogP contribution in [0.5, 0.6) is 5.75 Å². The Bertz CT molecular complexity index is 1880. The van der Waals surface area contributed by atoms with Crippen molar-refractivity contribution in [1.82, 2.24) is 49.5 Å². The number of nitrogens with one attached hydrogen (secondary N) is 1. The number of piperidine rings is 1. The summed E-state index contributed by atoms with van der Waals surface area (Å²) in [6.45, 7) is 0.647. The molecule has 3 aromatic heterocycles. The average molecular weight is 617 g/mol. The number of H-pyrrole nitrogens is 1. The monoisotopic (exact) mass is 616 g/mol. The number of hydrogen-bond donors (Lipinski definition) is 1. The molecule has 1 fully saturated rings. The zero-order valence-corrected chi connectivity index (χ0v) is 23.8. The van der Waals surface area contributed by atoms with Gasteiger partial charge in [-0.25, -0.2) is 18.1 Å². The van der Waals surface area contributed by atoms with Gasteiger partial charge in [-0.1, -0.05) is 34.5 Å². The number of hydrogen-bond acceptors (Lipinski definition) is 10. The maximum atomic E-state index is 13.5. The van der Waals surface area contributed by atoms with Crippen molar-refractivity contribution in [1.29, 1.82) is 0 Å². The summed E-state index contributed by atoms with van der Waals surface area (Å²) in [5.41, 5.74) is 1.10. The summed E-state index contributed by atoms with van der Waals surface area (Å²) in [6, 6.07) is 9.70. The van der Waals surface area contributed by atoms with E-state index in [1.807, 2.05) is 0 Å². The Balaban J connectivity index is 1.22. The van der Waals surface area contributed by atoms with Gasteiger partial charge in [0.2, 0.25) is 10.0 Å². The molecule has 6 rings (SSSR count). The third-order valence-corrected chi connectivity index (χ3v) is 9.59. The van der Waals surface area contributed by atoms with Gasteiger partial charge in [-0.05, 0) is 47.5 Å². The van der Waals surface area contributed by atoms with Crippen molar-refractivity contribution in [2.75, 3.05) is 20.2 Å². The van der Waals surface area contributed by atoms with E-state index < -0.39 is 15.6 Å². The van der Waals surface area contributed by atoms with Crippen LogP contribution in [0.2, 0.25) is 10.0 Å². The molecule has 41 heavy (non-hydrogen) atoms. The van der Waals surface area contributed by atoms with Crippen LogP contribution < -0.4 is 10.3 Å². The summed E-state index contributed by atoms with van der Waals surface area (Å²) in [4.78, 5) is 20.4. The number of benzene rings is 2. The molecule has 0 atom stereocenters. The highest BCUT2D eigenvalue weighted by atomic mass is 35.5. The molecular formula is C24H22Cl2N10O4S. The van der Waals surface area contributed by atoms with Gasteiger partial charge in [-0.15, -0.1) is 10.2 Å². The molecule has 1 saturated heterocycles. The van der Waals surface area contributed by atoms with E-state index in [1.165, 1.54) is 39.2 Å². The highest BCUT2D eigenvalue weighted by Crippen LogP contribution is 2.32. The molecule has 1 N–H and O–H groups in total. The number of nitrogens with zero attached hydrogens (tertiary/aromatic N) is 9. The van der Waals surface area contributed by atoms with E-state index in [0.717, 1.165) is 0 Å².